The van der Waals surface area contributed by atoms with Gasteiger partial charge in [-0.15, -0.1) is 0 Å². The first-order valence-corrected chi connectivity index (χ1v) is 17.1. The molecule has 8 rings (SSSR count). The van der Waals surface area contributed by atoms with Gasteiger partial charge in [-0.3, -0.25) is 0 Å². The van der Waals surface area contributed by atoms with Crippen LogP contribution in [0, 0.1) is 17.8 Å². The number of benzene rings is 3. The number of halogens is 3. The van der Waals surface area contributed by atoms with Crippen LogP contribution < -0.4 is 9.47 Å². The fourth-order valence-corrected chi connectivity index (χ4v) is 7.61. The highest BCUT2D eigenvalue weighted by Gasteiger charge is 2.77. The Morgan fingerprint density at radius 3 is 2.43 bits per heavy atom. The number of para-hydroxylation sites is 1. The van der Waals surface area contributed by atoms with Crippen LogP contribution >= 0.6 is 11.6 Å². The standard InChI is InChI=1S/C39H39ClF2O4/c1-3-38(41,42)46-36-7-5-4-6-29(36)27-16-8-22(2)45-37(24-9-10-24)32(27)21-44-26-15-17-28(35(40)18-26)31-19-30(31)23-11-13-25(14-12-23)39(43)33-20-34(33)39/h4-7,11-18,22,24,30-31,33-34,43H,3,8-10,19-21H2,1-2H3/t22?,30-,31+,33?,34?,39?/m0/s1. The Morgan fingerprint density at radius 2 is 1.76 bits per heavy atom. The van der Waals surface area contributed by atoms with E-state index in [1.165, 1.54) is 12.5 Å². The minimum atomic E-state index is -3.27. The Morgan fingerprint density at radius 1 is 1.00 bits per heavy atom. The average molecular weight is 645 g/mol. The fourth-order valence-electron chi connectivity index (χ4n) is 7.30. The van der Waals surface area contributed by atoms with Crippen LogP contribution in [-0.2, 0) is 10.3 Å². The Balaban J connectivity index is 1.01. The minimum Gasteiger partial charge on any atom is -0.494 e. The summed E-state index contributed by atoms with van der Waals surface area (Å²) >= 11 is 6.86. The van der Waals surface area contributed by atoms with Crippen LogP contribution in [0.4, 0.5) is 8.78 Å². The van der Waals surface area contributed by atoms with Gasteiger partial charge in [0.15, 0.2) is 0 Å². The largest absolute Gasteiger partial charge is 0.494 e. The highest BCUT2D eigenvalue weighted by molar-refractivity contribution is 6.31. The number of rotatable bonds is 11. The zero-order chi connectivity index (χ0) is 31.8. The second kappa shape index (κ2) is 11.1. The molecule has 3 aromatic carbocycles. The van der Waals surface area contributed by atoms with Gasteiger partial charge >= 0.3 is 6.11 Å². The van der Waals surface area contributed by atoms with Crippen molar-refractivity contribution in [2.24, 2.45) is 17.8 Å². The fraction of sp³-hybridized carbons (Fsp3) is 0.436. The topological polar surface area (TPSA) is 47.9 Å². The van der Waals surface area contributed by atoms with Gasteiger partial charge in [0.05, 0.1) is 11.7 Å². The summed E-state index contributed by atoms with van der Waals surface area (Å²) in [6.45, 7) is 3.65. The molecule has 4 saturated carbocycles. The summed E-state index contributed by atoms with van der Waals surface area (Å²) < 4.78 is 46.9. The Bertz CT molecular complexity index is 1720. The van der Waals surface area contributed by atoms with E-state index in [1.807, 2.05) is 31.2 Å². The second-order valence-electron chi connectivity index (χ2n) is 13.8. The van der Waals surface area contributed by atoms with E-state index in [4.69, 9.17) is 25.8 Å². The number of fused-ring (bicyclic) bond motifs is 1. The molecule has 5 aliphatic rings. The first-order valence-electron chi connectivity index (χ1n) is 16.7. The van der Waals surface area contributed by atoms with Crippen LogP contribution in [0.5, 0.6) is 11.5 Å². The molecular formula is C39H39ClF2O4. The summed E-state index contributed by atoms with van der Waals surface area (Å²) in [5, 5.41) is 11.4. The average Bonchev–Trinajstić information content (AvgIpc) is 3.88. The van der Waals surface area contributed by atoms with Crippen LogP contribution in [0.15, 0.2) is 84.1 Å². The molecule has 4 aliphatic carbocycles. The lowest BCUT2D eigenvalue weighted by molar-refractivity contribution is -0.177. The number of hydrogen-bond donors (Lipinski definition) is 1. The van der Waals surface area contributed by atoms with Crippen molar-refractivity contribution in [1.29, 1.82) is 0 Å². The molecule has 7 heteroatoms. The number of allylic oxidation sites excluding steroid dienone is 1. The maximum atomic E-state index is 14.4. The van der Waals surface area contributed by atoms with Crippen molar-refractivity contribution in [3.8, 4) is 11.5 Å². The number of ether oxygens (including phenoxy) is 3. The maximum Gasteiger partial charge on any atom is 0.397 e. The van der Waals surface area contributed by atoms with E-state index < -0.39 is 18.1 Å². The molecule has 240 valence electrons. The molecule has 1 N–H and O–H groups in total. The van der Waals surface area contributed by atoms with Gasteiger partial charge < -0.3 is 19.3 Å². The zero-order valence-electron chi connectivity index (χ0n) is 26.1. The maximum absolute atomic E-state index is 14.4. The minimum absolute atomic E-state index is 0.0474. The monoisotopic (exact) mass is 644 g/mol. The molecule has 3 aromatic rings. The van der Waals surface area contributed by atoms with E-state index in [0.717, 1.165) is 53.7 Å². The first kappa shape index (κ1) is 30.0. The van der Waals surface area contributed by atoms with E-state index >= 15 is 0 Å². The molecule has 0 saturated heterocycles. The van der Waals surface area contributed by atoms with Crippen LogP contribution in [0.25, 0.3) is 5.57 Å². The van der Waals surface area contributed by atoms with Gasteiger partial charge in [0.2, 0.25) is 0 Å². The van der Waals surface area contributed by atoms with Crippen LogP contribution in [0.1, 0.15) is 86.5 Å². The van der Waals surface area contributed by atoms with E-state index in [0.29, 0.717) is 46.4 Å². The van der Waals surface area contributed by atoms with Crippen molar-refractivity contribution in [2.45, 2.75) is 82.0 Å². The predicted molar refractivity (Wildman–Crippen MR) is 174 cm³/mol. The van der Waals surface area contributed by atoms with E-state index in [-0.39, 0.29) is 24.4 Å². The van der Waals surface area contributed by atoms with Gasteiger partial charge in [-0.05, 0) is 96.7 Å². The van der Waals surface area contributed by atoms with Crippen molar-refractivity contribution in [2.75, 3.05) is 6.61 Å². The molecule has 1 heterocycles. The van der Waals surface area contributed by atoms with Crippen molar-refractivity contribution < 1.29 is 28.1 Å². The predicted octanol–water partition coefficient (Wildman–Crippen LogP) is 9.77. The van der Waals surface area contributed by atoms with Crippen molar-refractivity contribution in [3.63, 3.8) is 0 Å². The first-order chi connectivity index (χ1) is 22.2. The normalized spacial score (nSPS) is 29.7. The molecule has 0 spiro atoms. The molecule has 0 bridgehead atoms. The SMILES string of the molecule is CCC(F)(F)Oc1ccccc1C1=CCC(C)OC(C2CC2)=C1COc1ccc([C@H]2C[C@H]2c2ccc(C3(O)C4CC43)cc2)c(Cl)c1. The summed E-state index contributed by atoms with van der Waals surface area (Å²) in [6, 6.07) is 21.4. The quantitative estimate of drug-likeness (QED) is 0.226. The lowest BCUT2D eigenvalue weighted by atomic mass is 9.94. The molecule has 5 atom stereocenters. The summed E-state index contributed by atoms with van der Waals surface area (Å²) in [4.78, 5) is 0. The van der Waals surface area contributed by atoms with E-state index in [9.17, 15) is 13.9 Å². The van der Waals surface area contributed by atoms with Gasteiger partial charge in [-0.25, -0.2) is 0 Å². The number of aliphatic hydroxyl groups is 1. The summed E-state index contributed by atoms with van der Waals surface area (Å²) in [5.41, 5.74) is 5.17. The Labute approximate surface area is 274 Å². The van der Waals surface area contributed by atoms with Gasteiger partial charge in [-0.2, -0.15) is 8.78 Å². The van der Waals surface area contributed by atoms with Crippen molar-refractivity contribution >= 4 is 17.2 Å². The van der Waals surface area contributed by atoms with Crippen molar-refractivity contribution in [1.82, 2.24) is 0 Å². The zero-order valence-corrected chi connectivity index (χ0v) is 26.9. The van der Waals surface area contributed by atoms with Crippen molar-refractivity contribution in [3.05, 3.63) is 111 Å². The molecule has 4 nitrogen and oxygen atoms in total. The summed E-state index contributed by atoms with van der Waals surface area (Å²) in [6.07, 6.45) is 3.21. The molecule has 0 amide bonds. The van der Waals surface area contributed by atoms with Gasteiger partial charge in [0, 0.05) is 34.9 Å². The third-order valence-corrected chi connectivity index (χ3v) is 10.9. The molecule has 0 aromatic heterocycles. The van der Waals surface area contributed by atoms with Gasteiger partial charge in [-0.1, -0.05) is 73.1 Å². The molecule has 4 fully saturated rings. The highest BCUT2D eigenvalue weighted by atomic mass is 35.5. The number of hydrogen-bond acceptors (Lipinski definition) is 4. The van der Waals surface area contributed by atoms with E-state index in [2.05, 4.69) is 36.4 Å². The number of alkyl halides is 2. The lowest BCUT2D eigenvalue weighted by Gasteiger charge is -2.22. The van der Waals surface area contributed by atoms with Crippen LogP contribution in [0.2, 0.25) is 5.02 Å². The lowest BCUT2D eigenvalue weighted by Crippen LogP contribution is -2.23. The third-order valence-electron chi connectivity index (χ3n) is 10.6. The molecule has 46 heavy (non-hydrogen) atoms. The Hall–Kier alpha value is -3.35. The third kappa shape index (κ3) is 5.51. The summed E-state index contributed by atoms with van der Waals surface area (Å²) in [7, 11) is 0. The molecule has 0 radical (unpaired) electrons. The van der Waals surface area contributed by atoms with Crippen LogP contribution in [-0.4, -0.2) is 23.9 Å². The smallest absolute Gasteiger partial charge is 0.397 e. The molecular weight excluding hydrogens is 606 g/mol. The second-order valence-corrected chi connectivity index (χ2v) is 14.2. The molecule has 3 unspecified atom stereocenters. The van der Waals surface area contributed by atoms with Crippen LogP contribution in [0.3, 0.4) is 0 Å². The van der Waals surface area contributed by atoms with E-state index in [1.54, 1.807) is 12.1 Å². The summed E-state index contributed by atoms with van der Waals surface area (Å²) in [5.74, 6) is 3.68. The molecule has 1 aliphatic heterocycles. The van der Waals surface area contributed by atoms with Gasteiger partial charge in [0.1, 0.15) is 23.9 Å². The van der Waals surface area contributed by atoms with Gasteiger partial charge in [0.25, 0.3) is 0 Å². The Kier molecular flexibility index (Phi) is 7.26. The highest BCUT2D eigenvalue weighted by Crippen LogP contribution is 2.76.